The largest absolute Gasteiger partial charge is 0.426 e. The number of rotatable bonds is 4. The van der Waals surface area contributed by atoms with Crippen molar-refractivity contribution in [1.29, 1.82) is 0 Å². The van der Waals surface area contributed by atoms with Crippen LogP contribution in [0, 0.1) is 18.8 Å². The van der Waals surface area contributed by atoms with Gasteiger partial charge in [-0.1, -0.05) is 36.8 Å². The van der Waals surface area contributed by atoms with Crippen molar-refractivity contribution < 1.29 is 19.1 Å². The van der Waals surface area contributed by atoms with E-state index >= 15 is 0 Å². The Kier molecular flexibility index (Phi) is 5.52. The third-order valence-corrected chi connectivity index (χ3v) is 4.45. The summed E-state index contributed by atoms with van der Waals surface area (Å²) in [5, 5.41) is 0. The minimum atomic E-state index is -0.420. The molecule has 4 nitrogen and oxygen atoms in total. The highest BCUT2D eigenvalue weighted by Gasteiger charge is 2.21. The number of ether oxygens (including phenoxy) is 2. The van der Waals surface area contributed by atoms with Gasteiger partial charge in [-0.15, -0.1) is 0 Å². The van der Waals surface area contributed by atoms with Crippen LogP contribution in [0.3, 0.4) is 0 Å². The average Bonchev–Trinajstić information content (AvgIpc) is 2.64. The Morgan fingerprint density at radius 1 is 0.846 bits per heavy atom. The monoisotopic (exact) mass is 350 g/mol. The molecule has 3 rings (SSSR count). The van der Waals surface area contributed by atoms with Crippen LogP contribution in [-0.4, -0.2) is 11.9 Å². The molecule has 26 heavy (non-hydrogen) atoms. The summed E-state index contributed by atoms with van der Waals surface area (Å²) in [4.78, 5) is 24.3. The van der Waals surface area contributed by atoms with E-state index in [-0.39, 0.29) is 11.9 Å². The van der Waals surface area contributed by atoms with E-state index in [1.807, 2.05) is 25.1 Å². The fraction of sp³-hybridized carbons (Fsp3) is 0.273. The molecule has 2 aromatic carbocycles. The number of aryl methyl sites for hydroxylation is 1. The summed E-state index contributed by atoms with van der Waals surface area (Å²) in [5.41, 5.74) is 1.57. The first kappa shape index (κ1) is 17.9. The van der Waals surface area contributed by atoms with E-state index in [9.17, 15) is 9.59 Å². The number of allylic oxidation sites excluding steroid dienone is 1. The lowest BCUT2D eigenvalue weighted by Crippen LogP contribution is -2.21. The SMILES string of the molecule is Cc1ccc(C(=O)Oc2ccc(OC(=O)C3C=CC(C)CC3)cc2)cc1. The summed E-state index contributed by atoms with van der Waals surface area (Å²) in [7, 11) is 0. The molecule has 0 N–H and O–H groups in total. The second kappa shape index (κ2) is 8.00. The van der Waals surface area contributed by atoms with Crippen molar-refractivity contribution in [2.75, 3.05) is 0 Å². The van der Waals surface area contributed by atoms with Crippen molar-refractivity contribution in [1.82, 2.24) is 0 Å². The van der Waals surface area contributed by atoms with Gasteiger partial charge in [0, 0.05) is 0 Å². The first-order valence-corrected chi connectivity index (χ1v) is 8.80. The van der Waals surface area contributed by atoms with Crippen molar-refractivity contribution in [2.24, 2.45) is 11.8 Å². The number of esters is 2. The van der Waals surface area contributed by atoms with Gasteiger partial charge >= 0.3 is 11.9 Å². The molecule has 0 heterocycles. The van der Waals surface area contributed by atoms with Crippen molar-refractivity contribution in [2.45, 2.75) is 26.7 Å². The standard InChI is InChI=1S/C22H22O4/c1-15-3-7-17(8-4-15)21(23)25-19-11-13-20(14-12-19)26-22(24)18-9-5-16(2)6-10-18/h3-5,7-9,11-14,16,18H,6,10H2,1-2H3. The van der Waals surface area contributed by atoms with Gasteiger partial charge in [0.15, 0.2) is 0 Å². The number of hydrogen-bond donors (Lipinski definition) is 0. The molecular formula is C22H22O4. The molecule has 0 aliphatic heterocycles. The summed E-state index contributed by atoms with van der Waals surface area (Å²) in [5.74, 6) is 0.500. The summed E-state index contributed by atoms with van der Waals surface area (Å²) in [6.45, 7) is 4.09. The van der Waals surface area contributed by atoms with Gasteiger partial charge in [-0.25, -0.2) is 4.79 Å². The fourth-order valence-corrected chi connectivity index (χ4v) is 2.78. The lowest BCUT2D eigenvalue weighted by Gasteiger charge is -2.18. The Morgan fingerprint density at radius 3 is 2.04 bits per heavy atom. The Hall–Kier alpha value is -2.88. The summed E-state index contributed by atoms with van der Waals surface area (Å²) in [6, 6.07) is 13.7. The molecule has 1 aliphatic rings. The molecule has 0 bridgehead atoms. The summed E-state index contributed by atoms with van der Waals surface area (Å²) >= 11 is 0. The quantitative estimate of drug-likeness (QED) is 0.455. The molecule has 0 fully saturated rings. The van der Waals surface area contributed by atoms with Crippen molar-refractivity contribution in [3.63, 3.8) is 0 Å². The molecule has 2 atom stereocenters. The van der Waals surface area contributed by atoms with Gasteiger partial charge in [-0.05, 0) is 62.1 Å². The Bertz CT molecular complexity index is 803. The van der Waals surface area contributed by atoms with Crippen LogP contribution in [0.25, 0.3) is 0 Å². The van der Waals surface area contributed by atoms with E-state index in [0.717, 1.165) is 18.4 Å². The van der Waals surface area contributed by atoms with E-state index < -0.39 is 5.97 Å². The average molecular weight is 350 g/mol. The maximum Gasteiger partial charge on any atom is 0.343 e. The second-order valence-corrected chi connectivity index (χ2v) is 6.69. The van der Waals surface area contributed by atoms with Crippen molar-refractivity contribution >= 4 is 11.9 Å². The molecule has 1 aliphatic carbocycles. The Labute approximate surface area is 153 Å². The number of benzene rings is 2. The normalized spacial score (nSPS) is 19.0. The zero-order valence-corrected chi connectivity index (χ0v) is 15.0. The molecular weight excluding hydrogens is 328 g/mol. The Balaban J connectivity index is 1.58. The molecule has 0 spiro atoms. The van der Waals surface area contributed by atoms with Gasteiger partial charge in [-0.2, -0.15) is 0 Å². The molecule has 0 saturated carbocycles. The fourth-order valence-electron chi connectivity index (χ4n) is 2.78. The van der Waals surface area contributed by atoms with Crippen LogP contribution < -0.4 is 9.47 Å². The maximum atomic E-state index is 12.2. The third-order valence-electron chi connectivity index (χ3n) is 4.45. The predicted octanol–water partition coefficient (Wildman–Crippen LogP) is 4.72. The second-order valence-electron chi connectivity index (χ2n) is 6.69. The molecule has 0 amide bonds. The zero-order valence-electron chi connectivity index (χ0n) is 15.0. The first-order chi connectivity index (χ1) is 12.5. The summed E-state index contributed by atoms with van der Waals surface area (Å²) < 4.78 is 10.8. The van der Waals surface area contributed by atoms with E-state index in [0.29, 0.717) is 23.0 Å². The van der Waals surface area contributed by atoms with Gasteiger partial charge in [0.25, 0.3) is 0 Å². The van der Waals surface area contributed by atoms with Gasteiger partial charge in [-0.3, -0.25) is 4.79 Å². The smallest absolute Gasteiger partial charge is 0.343 e. The minimum absolute atomic E-state index is 0.190. The van der Waals surface area contributed by atoms with Crippen LogP contribution in [0.5, 0.6) is 11.5 Å². The maximum absolute atomic E-state index is 12.2. The lowest BCUT2D eigenvalue weighted by atomic mass is 9.90. The molecule has 4 heteroatoms. The van der Waals surface area contributed by atoms with Crippen LogP contribution in [0.4, 0.5) is 0 Å². The van der Waals surface area contributed by atoms with Crippen LogP contribution >= 0.6 is 0 Å². The molecule has 0 saturated heterocycles. The van der Waals surface area contributed by atoms with Gasteiger partial charge < -0.3 is 9.47 Å². The minimum Gasteiger partial charge on any atom is -0.426 e. The van der Waals surface area contributed by atoms with Crippen LogP contribution in [0.2, 0.25) is 0 Å². The highest BCUT2D eigenvalue weighted by atomic mass is 16.5. The number of carbonyl (C=O) groups excluding carboxylic acids is 2. The highest BCUT2D eigenvalue weighted by molar-refractivity contribution is 5.91. The van der Waals surface area contributed by atoms with Crippen LogP contribution in [0.15, 0.2) is 60.7 Å². The molecule has 0 aromatic heterocycles. The van der Waals surface area contributed by atoms with E-state index in [4.69, 9.17) is 9.47 Å². The molecule has 0 radical (unpaired) electrons. The summed E-state index contributed by atoms with van der Waals surface area (Å²) in [6.07, 6.45) is 5.78. The predicted molar refractivity (Wildman–Crippen MR) is 99.2 cm³/mol. The van der Waals surface area contributed by atoms with E-state index in [1.165, 1.54) is 0 Å². The Morgan fingerprint density at radius 2 is 1.46 bits per heavy atom. The molecule has 134 valence electrons. The van der Waals surface area contributed by atoms with Crippen LogP contribution in [-0.2, 0) is 4.79 Å². The van der Waals surface area contributed by atoms with E-state index in [2.05, 4.69) is 13.0 Å². The van der Waals surface area contributed by atoms with Gasteiger partial charge in [0.05, 0.1) is 11.5 Å². The lowest BCUT2D eigenvalue weighted by molar-refractivity contribution is -0.137. The van der Waals surface area contributed by atoms with Crippen molar-refractivity contribution in [3.8, 4) is 11.5 Å². The molecule has 2 unspecified atom stereocenters. The third kappa shape index (κ3) is 4.60. The topological polar surface area (TPSA) is 52.6 Å². The molecule has 2 aromatic rings. The highest BCUT2D eigenvalue weighted by Crippen LogP contribution is 2.25. The number of carbonyl (C=O) groups is 2. The van der Waals surface area contributed by atoms with E-state index in [1.54, 1.807) is 36.4 Å². The van der Waals surface area contributed by atoms with Crippen LogP contribution in [0.1, 0.15) is 35.7 Å². The van der Waals surface area contributed by atoms with Crippen molar-refractivity contribution in [3.05, 3.63) is 71.8 Å². The van der Waals surface area contributed by atoms with Gasteiger partial charge in [0.1, 0.15) is 11.5 Å². The number of hydrogen-bond acceptors (Lipinski definition) is 4. The zero-order chi connectivity index (χ0) is 18.5. The van der Waals surface area contributed by atoms with Gasteiger partial charge in [0.2, 0.25) is 0 Å². The first-order valence-electron chi connectivity index (χ1n) is 8.80.